The Morgan fingerprint density at radius 3 is 2.31 bits per heavy atom. The van der Waals surface area contributed by atoms with E-state index in [1.165, 1.54) is 60.8 Å². The van der Waals surface area contributed by atoms with Crippen molar-refractivity contribution in [3.8, 4) is 0 Å². The Labute approximate surface area is 147 Å². The van der Waals surface area contributed by atoms with Gasteiger partial charge in [0.25, 0.3) is 11.8 Å². The van der Waals surface area contributed by atoms with E-state index in [2.05, 4.69) is 15.6 Å². The molecule has 26 heavy (non-hydrogen) atoms. The number of pyridine rings is 1. The number of aromatic nitrogens is 1. The summed E-state index contributed by atoms with van der Waals surface area (Å²) < 4.78 is 26.5. The van der Waals surface area contributed by atoms with Crippen molar-refractivity contribution in [1.82, 2.24) is 4.98 Å². The average Bonchev–Trinajstić information content (AvgIpc) is 2.65. The minimum atomic E-state index is -0.647. The second-order valence-electron chi connectivity index (χ2n) is 5.32. The van der Waals surface area contributed by atoms with Crippen molar-refractivity contribution in [3.63, 3.8) is 0 Å². The number of nitrogens with zero attached hydrogens (tertiary/aromatic N) is 1. The summed E-state index contributed by atoms with van der Waals surface area (Å²) in [5.74, 6) is -2.13. The predicted molar refractivity (Wildman–Crippen MR) is 92.9 cm³/mol. The van der Waals surface area contributed by atoms with Gasteiger partial charge >= 0.3 is 0 Å². The number of halogens is 2. The van der Waals surface area contributed by atoms with E-state index < -0.39 is 23.4 Å². The third-order valence-electron chi connectivity index (χ3n) is 3.48. The molecule has 3 aromatic rings. The summed E-state index contributed by atoms with van der Waals surface area (Å²) in [6.07, 6.45) is 1.30. The van der Waals surface area contributed by atoms with Gasteiger partial charge < -0.3 is 10.6 Å². The zero-order chi connectivity index (χ0) is 18.5. The number of carbonyl (C=O) groups is 2. The van der Waals surface area contributed by atoms with Crippen LogP contribution in [0.25, 0.3) is 0 Å². The van der Waals surface area contributed by atoms with Crippen molar-refractivity contribution in [1.29, 1.82) is 0 Å². The van der Waals surface area contributed by atoms with Crippen molar-refractivity contribution in [2.45, 2.75) is 0 Å². The van der Waals surface area contributed by atoms with E-state index in [0.29, 0.717) is 5.69 Å². The van der Waals surface area contributed by atoms with Crippen molar-refractivity contribution >= 4 is 23.2 Å². The summed E-state index contributed by atoms with van der Waals surface area (Å²) in [6.45, 7) is 0. The maximum atomic E-state index is 13.6. The quantitative estimate of drug-likeness (QED) is 0.748. The molecule has 0 aliphatic rings. The molecule has 2 amide bonds. The van der Waals surface area contributed by atoms with Crippen LogP contribution < -0.4 is 10.6 Å². The first-order chi connectivity index (χ1) is 12.5. The van der Waals surface area contributed by atoms with Gasteiger partial charge in [0.2, 0.25) is 0 Å². The highest BCUT2D eigenvalue weighted by Gasteiger charge is 2.13. The molecule has 0 unspecified atom stereocenters. The van der Waals surface area contributed by atoms with E-state index in [1.54, 1.807) is 6.07 Å². The first-order valence-electron chi connectivity index (χ1n) is 7.62. The fourth-order valence-electron chi connectivity index (χ4n) is 2.18. The zero-order valence-electron chi connectivity index (χ0n) is 13.4. The van der Waals surface area contributed by atoms with Gasteiger partial charge in [-0.25, -0.2) is 8.78 Å². The van der Waals surface area contributed by atoms with Crippen LogP contribution in [-0.2, 0) is 0 Å². The van der Waals surface area contributed by atoms with E-state index in [0.717, 1.165) is 0 Å². The number of benzene rings is 2. The average molecular weight is 353 g/mol. The molecule has 0 radical (unpaired) electrons. The van der Waals surface area contributed by atoms with Crippen LogP contribution in [0.15, 0.2) is 66.9 Å². The van der Waals surface area contributed by atoms with E-state index in [1.807, 2.05) is 0 Å². The molecule has 0 aliphatic carbocycles. The lowest BCUT2D eigenvalue weighted by molar-refractivity contribution is 0.102. The number of anilines is 2. The Kier molecular flexibility index (Phi) is 4.98. The molecule has 2 N–H and O–H groups in total. The molecule has 0 aliphatic heterocycles. The van der Waals surface area contributed by atoms with Crippen LogP contribution in [-0.4, -0.2) is 16.8 Å². The van der Waals surface area contributed by atoms with Gasteiger partial charge in [0, 0.05) is 17.4 Å². The molecule has 0 fully saturated rings. The van der Waals surface area contributed by atoms with Crippen molar-refractivity contribution in [3.05, 3.63) is 89.8 Å². The van der Waals surface area contributed by atoms with Crippen LogP contribution >= 0.6 is 0 Å². The monoisotopic (exact) mass is 353 g/mol. The molecule has 3 rings (SSSR count). The summed E-state index contributed by atoms with van der Waals surface area (Å²) in [5, 5.41) is 4.98. The lowest BCUT2D eigenvalue weighted by Crippen LogP contribution is -2.17. The molecule has 7 heteroatoms. The SMILES string of the molecule is O=C(Nc1ccc(F)cc1)c1ccnc(C(=O)Nc2ccccc2F)c1. The van der Waals surface area contributed by atoms with Gasteiger partial charge in [-0.3, -0.25) is 14.6 Å². The van der Waals surface area contributed by atoms with E-state index in [9.17, 15) is 18.4 Å². The van der Waals surface area contributed by atoms with Crippen LogP contribution in [0.2, 0.25) is 0 Å². The third kappa shape index (κ3) is 4.07. The Morgan fingerprint density at radius 1 is 0.846 bits per heavy atom. The first kappa shape index (κ1) is 17.2. The molecule has 0 bridgehead atoms. The lowest BCUT2D eigenvalue weighted by Gasteiger charge is -2.08. The van der Waals surface area contributed by atoms with E-state index >= 15 is 0 Å². The van der Waals surface area contributed by atoms with Crippen molar-refractivity contribution in [2.75, 3.05) is 10.6 Å². The lowest BCUT2D eigenvalue weighted by atomic mass is 10.2. The maximum absolute atomic E-state index is 13.6. The molecule has 0 saturated heterocycles. The van der Waals surface area contributed by atoms with E-state index in [4.69, 9.17) is 0 Å². The van der Waals surface area contributed by atoms with Gasteiger partial charge in [0.1, 0.15) is 17.3 Å². The summed E-state index contributed by atoms with van der Waals surface area (Å²) in [4.78, 5) is 28.4. The molecular weight excluding hydrogens is 340 g/mol. The van der Waals surface area contributed by atoms with Gasteiger partial charge in [0.15, 0.2) is 0 Å². The normalized spacial score (nSPS) is 10.2. The summed E-state index contributed by atoms with van der Waals surface area (Å²) in [5.41, 5.74) is 0.564. The van der Waals surface area contributed by atoms with E-state index in [-0.39, 0.29) is 16.9 Å². The molecule has 1 heterocycles. The molecule has 0 spiro atoms. The number of rotatable bonds is 4. The highest BCUT2D eigenvalue weighted by Crippen LogP contribution is 2.15. The largest absolute Gasteiger partial charge is 0.322 e. The summed E-state index contributed by atoms with van der Waals surface area (Å²) in [7, 11) is 0. The Balaban J connectivity index is 1.75. The fourth-order valence-corrected chi connectivity index (χ4v) is 2.18. The van der Waals surface area contributed by atoms with Crippen molar-refractivity contribution in [2.24, 2.45) is 0 Å². The topological polar surface area (TPSA) is 71.1 Å². The van der Waals surface area contributed by atoms with Gasteiger partial charge in [-0.05, 0) is 48.5 Å². The molecule has 0 atom stereocenters. The maximum Gasteiger partial charge on any atom is 0.274 e. The standard InChI is InChI=1S/C19H13F2N3O2/c20-13-5-7-14(8-6-13)23-18(25)12-9-10-22-17(11-12)19(26)24-16-4-2-1-3-15(16)21/h1-11H,(H,23,25)(H,24,26). The van der Waals surface area contributed by atoms with Gasteiger partial charge in [-0.15, -0.1) is 0 Å². The zero-order valence-corrected chi connectivity index (χ0v) is 13.4. The second-order valence-corrected chi connectivity index (χ2v) is 5.32. The first-order valence-corrected chi connectivity index (χ1v) is 7.62. The molecule has 2 aromatic carbocycles. The highest BCUT2D eigenvalue weighted by atomic mass is 19.1. The smallest absolute Gasteiger partial charge is 0.274 e. The Hall–Kier alpha value is -3.61. The predicted octanol–water partition coefficient (Wildman–Crippen LogP) is 3.86. The number of carbonyl (C=O) groups excluding carboxylic acids is 2. The van der Waals surface area contributed by atoms with Gasteiger partial charge in [-0.1, -0.05) is 12.1 Å². The second kappa shape index (κ2) is 7.52. The Morgan fingerprint density at radius 2 is 1.58 bits per heavy atom. The summed E-state index contributed by atoms with van der Waals surface area (Å²) >= 11 is 0. The molecule has 1 aromatic heterocycles. The van der Waals surface area contributed by atoms with Crippen molar-refractivity contribution < 1.29 is 18.4 Å². The molecular formula is C19H13F2N3O2. The minimum Gasteiger partial charge on any atom is -0.322 e. The molecule has 130 valence electrons. The van der Waals surface area contributed by atoms with Crippen LogP contribution in [0.3, 0.4) is 0 Å². The number of hydrogen-bond acceptors (Lipinski definition) is 3. The minimum absolute atomic E-state index is 0.0143. The fraction of sp³-hybridized carbons (Fsp3) is 0. The van der Waals surface area contributed by atoms with Crippen LogP contribution in [0.1, 0.15) is 20.8 Å². The van der Waals surface area contributed by atoms with Crippen LogP contribution in [0, 0.1) is 11.6 Å². The van der Waals surface area contributed by atoms with Crippen LogP contribution in [0.5, 0.6) is 0 Å². The number of hydrogen-bond donors (Lipinski definition) is 2. The molecule has 5 nitrogen and oxygen atoms in total. The van der Waals surface area contributed by atoms with Gasteiger partial charge in [-0.2, -0.15) is 0 Å². The number of nitrogens with one attached hydrogen (secondary N) is 2. The van der Waals surface area contributed by atoms with Gasteiger partial charge in [0.05, 0.1) is 5.69 Å². The molecule has 0 saturated carbocycles. The highest BCUT2D eigenvalue weighted by molar-refractivity contribution is 6.07. The number of para-hydroxylation sites is 1. The van der Waals surface area contributed by atoms with Crippen LogP contribution in [0.4, 0.5) is 20.2 Å². The third-order valence-corrected chi connectivity index (χ3v) is 3.48. The Bertz CT molecular complexity index is 959. The summed E-state index contributed by atoms with van der Waals surface area (Å²) in [6, 6.07) is 13.7. The number of amides is 2.